The molecule has 3 N–H and O–H groups in total. The second kappa shape index (κ2) is 5.69. The molecule has 2 rings (SSSR count). The first-order valence-corrected chi connectivity index (χ1v) is 6.51. The lowest BCUT2D eigenvalue weighted by Gasteiger charge is -2.13. The van der Waals surface area contributed by atoms with Gasteiger partial charge in [-0.25, -0.2) is 10.9 Å². The Hall–Kier alpha value is -1.10. The molecule has 0 spiro atoms. The van der Waals surface area contributed by atoms with E-state index in [-0.39, 0.29) is 24.0 Å². The van der Waals surface area contributed by atoms with Gasteiger partial charge >= 0.3 is 0 Å². The molecule has 1 aromatic rings. The maximum Gasteiger partial charge on any atom is 0.238 e. The van der Waals surface area contributed by atoms with Crippen LogP contribution in [0.1, 0.15) is 31.9 Å². The minimum Gasteiger partial charge on any atom is -0.353 e. The zero-order valence-corrected chi connectivity index (χ0v) is 11.3. The predicted octanol–water partition coefficient (Wildman–Crippen LogP) is 1.77. The summed E-state index contributed by atoms with van der Waals surface area (Å²) in [5, 5.41) is 3.62. The fourth-order valence-corrected chi connectivity index (χ4v) is 2.34. The molecule has 1 fully saturated rings. The average Bonchev–Trinajstić information content (AvgIpc) is 2.78. The van der Waals surface area contributed by atoms with E-state index in [1.165, 1.54) is 0 Å². The average molecular weight is 268 g/mol. The van der Waals surface area contributed by atoms with Gasteiger partial charge in [-0.15, -0.1) is 0 Å². The Morgan fingerprint density at radius 2 is 2.11 bits per heavy atom. The topological polar surface area (TPSA) is 53.2 Å². The minimum atomic E-state index is -0.214. The highest BCUT2D eigenvalue weighted by molar-refractivity contribution is 6.31. The van der Waals surface area contributed by atoms with Crippen molar-refractivity contribution in [2.75, 3.05) is 0 Å². The van der Waals surface area contributed by atoms with E-state index in [9.17, 15) is 4.79 Å². The molecule has 0 saturated carbocycles. The Balaban J connectivity index is 2.01. The van der Waals surface area contributed by atoms with Crippen LogP contribution in [0.25, 0.3) is 0 Å². The van der Waals surface area contributed by atoms with E-state index in [0.29, 0.717) is 6.42 Å². The van der Waals surface area contributed by atoms with Crippen LogP contribution in [0, 0.1) is 0 Å². The van der Waals surface area contributed by atoms with Crippen LogP contribution in [0.5, 0.6) is 0 Å². The molecule has 2 atom stereocenters. The van der Waals surface area contributed by atoms with Crippen LogP contribution >= 0.6 is 11.6 Å². The van der Waals surface area contributed by atoms with Crippen LogP contribution in [-0.2, 0) is 4.79 Å². The van der Waals surface area contributed by atoms with Crippen molar-refractivity contribution >= 4 is 17.5 Å². The molecular formula is C13H18ClN3O. The summed E-state index contributed by atoms with van der Waals surface area (Å²) < 4.78 is 0. The van der Waals surface area contributed by atoms with Crippen LogP contribution in [0.2, 0.25) is 5.02 Å². The Kier molecular flexibility index (Phi) is 4.22. The quantitative estimate of drug-likeness (QED) is 0.782. The van der Waals surface area contributed by atoms with Gasteiger partial charge in [0.2, 0.25) is 5.91 Å². The van der Waals surface area contributed by atoms with Crippen molar-refractivity contribution in [3.05, 3.63) is 34.9 Å². The van der Waals surface area contributed by atoms with Crippen molar-refractivity contribution in [3.63, 3.8) is 0 Å². The minimum absolute atomic E-state index is 0.0204. The monoisotopic (exact) mass is 267 g/mol. The van der Waals surface area contributed by atoms with Crippen molar-refractivity contribution in [3.8, 4) is 0 Å². The van der Waals surface area contributed by atoms with E-state index >= 15 is 0 Å². The van der Waals surface area contributed by atoms with Crippen molar-refractivity contribution in [1.29, 1.82) is 0 Å². The van der Waals surface area contributed by atoms with Gasteiger partial charge in [-0.3, -0.25) is 4.79 Å². The molecule has 0 bridgehead atoms. The van der Waals surface area contributed by atoms with Crippen LogP contribution in [0.15, 0.2) is 24.3 Å². The molecule has 5 heteroatoms. The normalized spacial score (nSPS) is 23.3. The van der Waals surface area contributed by atoms with Gasteiger partial charge < -0.3 is 5.32 Å². The highest BCUT2D eigenvalue weighted by atomic mass is 35.5. The maximum atomic E-state index is 11.9. The number of rotatable bonds is 3. The van der Waals surface area contributed by atoms with Crippen molar-refractivity contribution in [1.82, 2.24) is 16.2 Å². The van der Waals surface area contributed by atoms with Crippen molar-refractivity contribution in [2.24, 2.45) is 0 Å². The van der Waals surface area contributed by atoms with Gasteiger partial charge in [-0.2, -0.15) is 0 Å². The molecule has 1 amide bonds. The van der Waals surface area contributed by atoms with Crippen molar-refractivity contribution < 1.29 is 4.79 Å². The molecule has 0 aromatic heterocycles. The fraction of sp³-hybridized carbons (Fsp3) is 0.462. The summed E-state index contributed by atoms with van der Waals surface area (Å²) in [6, 6.07) is 7.69. The number of amides is 1. The van der Waals surface area contributed by atoms with E-state index in [1.807, 2.05) is 38.1 Å². The summed E-state index contributed by atoms with van der Waals surface area (Å²) >= 11 is 6.15. The predicted molar refractivity (Wildman–Crippen MR) is 72.1 cm³/mol. The van der Waals surface area contributed by atoms with E-state index in [0.717, 1.165) is 10.6 Å². The molecule has 1 heterocycles. The number of hydrogen-bond donors (Lipinski definition) is 3. The smallest absolute Gasteiger partial charge is 0.238 e. The fourth-order valence-electron chi connectivity index (χ4n) is 2.07. The second-order valence-electron chi connectivity index (χ2n) is 4.81. The van der Waals surface area contributed by atoms with Gasteiger partial charge in [0.1, 0.15) is 6.04 Å². The molecule has 98 valence electrons. The summed E-state index contributed by atoms with van der Waals surface area (Å²) in [5.74, 6) is 0.0204. The number of hydrazine groups is 1. The third-order valence-corrected chi connectivity index (χ3v) is 3.28. The Morgan fingerprint density at radius 1 is 1.39 bits per heavy atom. The van der Waals surface area contributed by atoms with Crippen LogP contribution in [0.3, 0.4) is 0 Å². The summed E-state index contributed by atoms with van der Waals surface area (Å²) in [5.41, 5.74) is 7.16. The standard InChI is InChI=1S/C13H18ClN3O/c1-8(2)15-13(18)12-7-11(16-17-12)9-5-3-4-6-10(9)14/h3-6,8,11-12,16-17H,7H2,1-2H3,(H,15,18). The molecular weight excluding hydrogens is 250 g/mol. The molecule has 2 unspecified atom stereocenters. The number of nitrogens with one attached hydrogen (secondary N) is 3. The SMILES string of the molecule is CC(C)NC(=O)C1CC(c2ccccc2Cl)NN1. The summed E-state index contributed by atoms with van der Waals surface area (Å²) in [7, 11) is 0. The first-order chi connectivity index (χ1) is 8.58. The summed E-state index contributed by atoms with van der Waals surface area (Å²) in [6.45, 7) is 3.90. The molecule has 0 aliphatic carbocycles. The van der Waals surface area contributed by atoms with E-state index in [4.69, 9.17) is 11.6 Å². The lowest BCUT2D eigenvalue weighted by Crippen LogP contribution is -2.45. The second-order valence-corrected chi connectivity index (χ2v) is 5.22. The van der Waals surface area contributed by atoms with Gasteiger partial charge in [-0.05, 0) is 31.9 Å². The Morgan fingerprint density at radius 3 is 2.78 bits per heavy atom. The first-order valence-electron chi connectivity index (χ1n) is 6.14. The van der Waals surface area contributed by atoms with Crippen LogP contribution in [0.4, 0.5) is 0 Å². The van der Waals surface area contributed by atoms with Crippen LogP contribution < -0.4 is 16.2 Å². The zero-order chi connectivity index (χ0) is 13.1. The third kappa shape index (κ3) is 3.02. The lowest BCUT2D eigenvalue weighted by atomic mass is 10.0. The van der Waals surface area contributed by atoms with Gasteiger partial charge in [0, 0.05) is 17.1 Å². The van der Waals surface area contributed by atoms with E-state index in [2.05, 4.69) is 16.2 Å². The number of benzene rings is 1. The Labute approximate surface area is 112 Å². The van der Waals surface area contributed by atoms with Crippen LogP contribution in [-0.4, -0.2) is 18.0 Å². The summed E-state index contributed by atoms with van der Waals surface area (Å²) in [6.07, 6.45) is 0.697. The lowest BCUT2D eigenvalue weighted by molar-refractivity contribution is -0.123. The Bertz CT molecular complexity index is 436. The molecule has 0 radical (unpaired) electrons. The van der Waals surface area contributed by atoms with E-state index in [1.54, 1.807) is 0 Å². The highest BCUT2D eigenvalue weighted by Gasteiger charge is 2.31. The molecule has 1 aromatic carbocycles. The molecule has 1 aliphatic heterocycles. The summed E-state index contributed by atoms with van der Waals surface area (Å²) in [4.78, 5) is 11.9. The molecule has 4 nitrogen and oxygen atoms in total. The first kappa shape index (κ1) is 13.3. The van der Waals surface area contributed by atoms with Gasteiger partial charge in [-0.1, -0.05) is 29.8 Å². The number of hydrogen-bond acceptors (Lipinski definition) is 3. The number of carbonyl (C=O) groups is 1. The van der Waals surface area contributed by atoms with Gasteiger partial charge in [0.15, 0.2) is 0 Å². The molecule has 1 aliphatic rings. The maximum absolute atomic E-state index is 11.9. The third-order valence-electron chi connectivity index (χ3n) is 2.93. The molecule has 1 saturated heterocycles. The zero-order valence-electron chi connectivity index (χ0n) is 10.5. The largest absolute Gasteiger partial charge is 0.353 e. The number of halogens is 1. The van der Waals surface area contributed by atoms with Crippen molar-refractivity contribution in [2.45, 2.75) is 38.4 Å². The molecule has 18 heavy (non-hydrogen) atoms. The van der Waals surface area contributed by atoms with E-state index < -0.39 is 0 Å². The van der Waals surface area contributed by atoms with Gasteiger partial charge in [0.05, 0.1) is 0 Å². The number of carbonyl (C=O) groups excluding carboxylic acids is 1. The van der Waals surface area contributed by atoms with Gasteiger partial charge in [0.25, 0.3) is 0 Å². The highest BCUT2D eigenvalue weighted by Crippen LogP contribution is 2.28.